The molecule has 0 fully saturated rings. The fourth-order valence-electron chi connectivity index (χ4n) is 2.09. The molecule has 24 heavy (non-hydrogen) atoms. The second kappa shape index (κ2) is 6.54. The van der Waals surface area contributed by atoms with Gasteiger partial charge in [0.1, 0.15) is 5.69 Å². The molecule has 0 aliphatic rings. The summed E-state index contributed by atoms with van der Waals surface area (Å²) < 4.78 is 23.6. The Labute approximate surface area is 145 Å². The number of hydrogen-bond donors (Lipinski definition) is 1. The third-order valence-corrected chi connectivity index (χ3v) is 4.26. The predicted octanol–water partition coefficient (Wildman–Crippen LogP) is 4.27. The monoisotopic (exact) mass is 364 g/mol. The number of benzene rings is 2. The van der Waals surface area contributed by atoms with E-state index in [0.717, 1.165) is 23.8 Å². The van der Waals surface area contributed by atoms with Crippen molar-refractivity contribution in [2.75, 3.05) is 5.32 Å². The van der Waals surface area contributed by atoms with Gasteiger partial charge in [-0.05, 0) is 17.6 Å². The summed E-state index contributed by atoms with van der Waals surface area (Å²) in [6.45, 7) is 1.15. The number of esters is 1. The average Bonchev–Trinajstić information content (AvgIpc) is 2.95. The smallest absolute Gasteiger partial charge is 0.308 e. The Hall–Kier alpha value is -2.51. The number of nitrogens with one attached hydrogen (secondary N) is 1. The van der Waals surface area contributed by atoms with Crippen molar-refractivity contribution >= 4 is 50.8 Å². The van der Waals surface area contributed by atoms with Crippen LogP contribution < -0.4 is 10.1 Å². The van der Waals surface area contributed by atoms with Crippen LogP contribution in [0.4, 0.5) is 10.1 Å². The lowest BCUT2D eigenvalue weighted by molar-refractivity contribution is -0.132. The van der Waals surface area contributed by atoms with Gasteiger partial charge in [-0.2, -0.15) is 4.37 Å². The number of halogens is 2. The molecular weight excluding hydrogens is 355 g/mol. The Balaban J connectivity index is 1.89. The maximum Gasteiger partial charge on any atom is 0.308 e. The summed E-state index contributed by atoms with van der Waals surface area (Å²) in [5.74, 6) is -2.29. The molecule has 1 heterocycles. The number of amides is 1. The quantitative estimate of drug-likeness (QED) is 0.556. The molecule has 0 radical (unpaired) electrons. The summed E-state index contributed by atoms with van der Waals surface area (Å²) in [6.07, 6.45) is 0. The lowest BCUT2D eigenvalue weighted by Crippen LogP contribution is -2.13. The van der Waals surface area contributed by atoms with Crippen molar-refractivity contribution in [2.24, 2.45) is 0 Å². The summed E-state index contributed by atoms with van der Waals surface area (Å²) in [7, 11) is 0. The summed E-state index contributed by atoms with van der Waals surface area (Å²) in [5, 5.41) is 3.26. The van der Waals surface area contributed by atoms with E-state index in [1.165, 1.54) is 11.5 Å². The first-order valence-electron chi connectivity index (χ1n) is 6.79. The lowest BCUT2D eigenvalue weighted by Gasteiger charge is -2.09. The molecule has 0 bridgehead atoms. The van der Waals surface area contributed by atoms with Gasteiger partial charge in [0, 0.05) is 24.4 Å². The van der Waals surface area contributed by atoms with E-state index in [2.05, 4.69) is 9.69 Å². The number of fused-ring (bicyclic) bond motifs is 1. The molecule has 0 aliphatic carbocycles. The van der Waals surface area contributed by atoms with Crippen LogP contribution in [-0.2, 0) is 4.79 Å². The van der Waals surface area contributed by atoms with E-state index in [0.29, 0.717) is 5.39 Å². The van der Waals surface area contributed by atoms with Gasteiger partial charge in [0.25, 0.3) is 5.91 Å². The van der Waals surface area contributed by atoms with Crippen molar-refractivity contribution < 1.29 is 18.7 Å². The first-order chi connectivity index (χ1) is 11.5. The number of nitrogens with zero attached hydrogens (tertiary/aromatic N) is 1. The lowest BCUT2D eigenvalue weighted by atomic mass is 10.2. The second-order valence-electron chi connectivity index (χ2n) is 4.84. The fourth-order valence-corrected chi connectivity index (χ4v) is 3.06. The number of hydrogen-bond acceptors (Lipinski definition) is 5. The van der Waals surface area contributed by atoms with Crippen LogP contribution in [0.3, 0.4) is 0 Å². The topological polar surface area (TPSA) is 68.3 Å². The van der Waals surface area contributed by atoms with Crippen molar-refractivity contribution in [1.82, 2.24) is 4.37 Å². The highest BCUT2D eigenvalue weighted by molar-refractivity contribution is 7.13. The molecule has 8 heteroatoms. The highest BCUT2D eigenvalue weighted by Crippen LogP contribution is 2.31. The fraction of sp³-hybridized carbons (Fsp3) is 0.0625. The largest absolute Gasteiger partial charge is 0.424 e. The molecule has 1 aromatic heterocycles. The zero-order valence-corrected chi connectivity index (χ0v) is 13.9. The third kappa shape index (κ3) is 3.22. The van der Waals surface area contributed by atoms with E-state index in [1.807, 2.05) is 12.1 Å². The van der Waals surface area contributed by atoms with Gasteiger partial charge in [0.05, 0.1) is 15.4 Å². The van der Waals surface area contributed by atoms with Crippen LogP contribution in [0, 0.1) is 5.82 Å². The van der Waals surface area contributed by atoms with Crippen LogP contribution in [-0.4, -0.2) is 16.3 Å². The maximum atomic E-state index is 13.9. The zero-order chi connectivity index (χ0) is 17.3. The Morgan fingerprint density at radius 2 is 2.04 bits per heavy atom. The molecule has 3 rings (SSSR count). The first-order valence-corrected chi connectivity index (χ1v) is 7.94. The number of carbonyl (C=O) groups excluding carboxylic acids is 2. The van der Waals surface area contributed by atoms with Crippen molar-refractivity contribution in [1.29, 1.82) is 0 Å². The van der Waals surface area contributed by atoms with Crippen molar-refractivity contribution in [3.05, 3.63) is 52.9 Å². The minimum Gasteiger partial charge on any atom is -0.424 e. The van der Waals surface area contributed by atoms with Crippen LogP contribution >= 0.6 is 23.1 Å². The van der Waals surface area contributed by atoms with Crippen LogP contribution in [0.25, 0.3) is 10.1 Å². The second-order valence-corrected chi connectivity index (χ2v) is 6.05. The normalized spacial score (nSPS) is 10.6. The van der Waals surface area contributed by atoms with Gasteiger partial charge in [0.2, 0.25) is 0 Å². The number of ether oxygens (including phenoxy) is 1. The summed E-state index contributed by atoms with van der Waals surface area (Å²) >= 11 is 7.21. The van der Waals surface area contributed by atoms with E-state index in [-0.39, 0.29) is 22.2 Å². The number of anilines is 1. The highest BCUT2D eigenvalue weighted by atomic mass is 35.5. The molecule has 1 N–H and O–H groups in total. The summed E-state index contributed by atoms with van der Waals surface area (Å²) in [4.78, 5) is 23.3. The molecule has 1 amide bonds. The van der Waals surface area contributed by atoms with Gasteiger partial charge in [-0.1, -0.05) is 29.8 Å². The molecule has 5 nitrogen and oxygen atoms in total. The van der Waals surface area contributed by atoms with Gasteiger partial charge >= 0.3 is 5.97 Å². The van der Waals surface area contributed by atoms with Crippen molar-refractivity contribution in [2.45, 2.75) is 6.92 Å². The number of rotatable bonds is 3. The zero-order valence-electron chi connectivity index (χ0n) is 12.3. The van der Waals surface area contributed by atoms with Gasteiger partial charge in [-0.25, -0.2) is 4.39 Å². The predicted molar refractivity (Wildman–Crippen MR) is 90.3 cm³/mol. The van der Waals surface area contributed by atoms with Crippen LogP contribution in [0.5, 0.6) is 5.75 Å². The minimum absolute atomic E-state index is 0.0422. The summed E-state index contributed by atoms with van der Waals surface area (Å²) in [6, 6.07) is 9.40. The van der Waals surface area contributed by atoms with E-state index in [4.69, 9.17) is 16.3 Å². The molecule has 0 atom stereocenters. The van der Waals surface area contributed by atoms with Crippen molar-refractivity contribution in [3.63, 3.8) is 0 Å². The molecule has 0 saturated carbocycles. The SMILES string of the molecule is CC(=O)Oc1cc(Cl)c(NC(=O)c2nsc3ccccc23)cc1F. The van der Waals surface area contributed by atoms with E-state index in [9.17, 15) is 14.0 Å². The van der Waals surface area contributed by atoms with Gasteiger partial charge in [-0.15, -0.1) is 0 Å². The number of aromatic nitrogens is 1. The minimum atomic E-state index is -0.812. The van der Waals surface area contributed by atoms with E-state index in [1.54, 1.807) is 12.1 Å². The molecule has 122 valence electrons. The highest BCUT2D eigenvalue weighted by Gasteiger charge is 2.17. The third-order valence-electron chi connectivity index (χ3n) is 3.12. The van der Waals surface area contributed by atoms with Gasteiger partial charge < -0.3 is 10.1 Å². The van der Waals surface area contributed by atoms with Gasteiger partial charge in [0.15, 0.2) is 11.6 Å². The van der Waals surface area contributed by atoms with E-state index >= 15 is 0 Å². The number of carbonyl (C=O) groups is 2. The molecule has 0 unspecified atom stereocenters. The van der Waals surface area contributed by atoms with Gasteiger partial charge in [-0.3, -0.25) is 9.59 Å². The molecule has 0 aliphatic heterocycles. The standard InChI is InChI=1S/C16H10ClFN2O3S/c1-8(21)23-13-6-10(17)12(7-11(13)18)19-16(22)15-9-4-2-3-5-14(9)24-20-15/h2-7H,1H3,(H,19,22). The van der Waals surface area contributed by atoms with Crippen LogP contribution in [0.15, 0.2) is 36.4 Å². The molecule has 2 aromatic carbocycles. The first kappa shape index (κ1) is 16.4. The Morgan fingerprint density at radius 1 is 1.29 bits per heavy atom. The molecule has 0 saturated heterocycles. The molecular formula is C16H10ClFN2O3S. The molecule has 3 aromatic rings. The summed E-state index contributed by atoms with van der Waals surface area (Å²) in [5.41, 5.74) is 0.295. The van der Waals surface area contributed by atoms with Crippen LogP contribution in [0.2, 0.25) is 5.02 Å². The maximum absolute atomic E-state index is 13.9. The van der Waals surface area contributed by atoms with E-state index < -0.39 is 17.7 Å². The van der Waals surface area contributed by atoms with Crippen LogP contribution in [0.1, 0.15) is 17.4 Å². The average molecular weight is 365 g/mol. The Morgan fingerprint density at radius 3 is 2.79 bits per heavy atom. The molecule has 0 spiro atoms. The Bertz CT molecular complexity index is 958. The Kier molecular flexibility index (Phi) is 4.46. The van der Waals surface area contributed by atoms with Crippen molar-refractivity contribution in [3.8, 4) is 5.75 Å².